The first-order valence-electron chi connectivity index (χ1n) is 4.53. The molecule has 0 aliphatic heterocycles. The molecule has 0 saturated carbocycles. The van der Waals surface area contributed by atoms with E-state index in [0.29, 0.717) is 0 Å². The Morgan fingerprint density at radius 1 is 1.46 bits per heavy atom. The lowest BCUT2D eigenvalue weighted by atomic mass is 10.1. The van der Waals surface area contributed by atoms with Gasteiger partial charge in [0.1, 0.15) is 0 Å². The summed E-state index contributed by atoms with van der Waals surface area (Å²) in [5.74, 6) is 0. The number of aliphatic imine (C=N–C) groups is 1. The first-order valence-corrected chi connectivity index (χ1v) is 4.53. The molecule has 0 N–H and O–H groups in total. The van der Waals surface area contributed by atoms with Crippen molar-refractivity contribution in [3.05, 3.63) is 35.9 Å². The van der Waals surface area contributed by atoms with Gasteiger partial charge in [-0.15, -0.1) is 0 Å². The van der Waals surface area contributed by atoms with Crippen LogP contribution >= 0.6 is 0 Å². The smallest absolute Gasteiger partial charge is 0.0697 e. The van der Waals surface area contributed by atoms with Crippen molar-refractivity contribution in [3.63, 3.8) is 0 Å². The average Bonchev–Trinajstić information content (AvgIpc) is 2.16. The van der Waals surface area contributed by atoms with Crippen molar-refractivity contribution < 1.29 is 0 Å². The Labute approximate surface area is 79.8 Å². The van der Waals surface area contributed by atoms with Gasteiger partial charge in [-0.05, 0) is 31.0 Å². The van der Waals surface area contributed by atoms with E-state index >= 15 is 0 Å². The lowest BCUT2D eigenvalue weighted by molar-refractivity contribution is 1.31. The van der Waals surface area contributed by atoms with Crippen LogP contribution in [-0.4, -0.2) is 6.21 Å². The van der Waals surface area contributed by atoms with Gasteiger partial charge in [-0.25, -0.2) is 0 Å². The zero-order valence-corrected chi connectivity index (χ0v) is 8.25. The van der Waals surface area contributed by atoms with Crippen LogP contribution in [0, 0.1) is 6.92 Å². The minimum atomic E-state index is 0.963. The molecule has 1 heteroatoms. The number of hydrogen-bond acceptors (Lipinski definition) is 1. The molecule has 0 bridgehead atoms. The average molecular weight is 173 g/mol. The van der Waals surface area contributed by atoms with Crippen LogP contribution in [0.2, 0.25) is 0 Å². The predicted molar refractivity (Wildman–Crippen MR) is 59.7 cm³/mol. The van der Waals surface area contributed by atoms with Crippen molar-refractivity contribution in [2.24, 2.45) is 4.99 Å². The van der Waals surface area contributed by atoms with Crippen molar-refractivity contribution >= 4 is 18.0 Å². The molecule has 13 heavy (non-hydrogen) atoms. The molecule has 0 amide bonds. The van der Waals surface area contributed by atoms with Crippen molar-refractivity contribution in [2.75, 3.05) is 0 Å². The summed E-state index contributed by atoms with van der Waals surface area (Å²) in [6.45, 7) is 7.91. The summed E-state index contributed by atoms with van der Waals surface area (Å²) in [4.78, 5) is 4.34. The predicted octanol–water partition coefficient (Wildman–Crippen LogP) is 3.75. The molecular formula is C12H15N. The number of benzene rings is 1. The second kappa shape index (κ2) is 4.61. The van der Waals surface area contributed by atoms with Crippen molar-refractivity contribution in [1.82, 2.24) is 0 Å². The van der Waals surface area contributed by atoms with Gasteiger partial charge in [-0.1, -0.05) is 31.2 Å². The fourth-order valence-electron chi connectivity index (χ4n) is 1.14. The Morgan fingerprint density at radius 3 is 2.85 bits per heavy atom. The molecule has 0 heterocycles. The van der Waals surface area contributed by atoms with Crippen LogP contribution in [0.15, 0.2) is 29.8 Å². The Bertz CT molecular complexity index is 324. The van der Waals surface area contributed by atoms with E-state index in [0.717, 1.165) is 17.7 Å². The summed E-state index contributed by atoms with van der Waals surface area (Å²) in [7, 11) is 0. The van der Waals surface area contributed by atoms with Gasteiger partial charge in [0.2, 0.25) is 0 Å². The summed E-state index contributed by atoms with van der Waals surface area (Å²) in [6.07, 6.45) is 4.72. The zero-order chi connectivity index (χ0) is 9.68. The largest absolute Gasteiger partial charge is 0.261 e. The van der Waals surface area contributed by atoms with Crippen LogP contribution in [0.5, 0.6) is 0 Å². The fourth-order valence-corrected chi connectivity index (χ4v) is 1.14. The van der Waals surface area contributed by atoms with Crippen LogP contribution in [0.25, 0.3) is 6.08 Å². The minimum Gasteiger partial charge on any atom is -0.261 e. The van der Waals surface area contributed by atoms with Crippen LogP contribution in [0.4, 0.5) is 5.69 Å². The molecule has 1 aromatic rings. The molecule has 0 unspecified atom stereocenters. The van der Waals surface area contributed by atoms with E-state index in [1.165, 1.54) is 5.56 Å². The number of rotatable bonds is 3. The normalized spacial score (nSPS) is 10.6. The molecule has 0 radical (unpaired) electrons. The third-order valence-electron chi connectivity index (χ3n) is 1.82. The maximum absolute atomic E-state index is 4.34. The first kappa shape index (κ1) is 9.72. The van der Waals surface area contributed by atoms with E-state index in [9.17, 15) is 0 Å². The van der Waals surface area contributed by atoms with Gasteiger partial charge in [-0.3, -0.25) is 4.99 Å². The number of nitrogens with zero attached hydrogens (tertiary/aromatic N) is 1. The summed E-state index contributed by atoms with van der Waals surface area (Å²) in [5.41, 5.74) is 3.34. The molecule has 1 rings (SSSR count). The van der Waals surface area contributed by atoms with Crippen LogP contribution in [0.3, 0.4) is 0 Å². The minimum absolute atomic E-state index is 0.963. The highest BCUT2D eigenvalue weighted by molar-refractivity contribution is 5.70. The molecule has 0 fully saturated rings. The van der Waals surface area contributed by atoms with Crippen LogP contribution in [0.1, 0.15) is 24.5 Å². The van der Waals surface area contributed by atoms with E-state index in [-0.39, 0.29) is 0 Å². The highest BCUT2D eigenvalue weighted by atomic mass is 14.7. The Balaban J connectivity index is 3.06. The topological polar surface area (TPSA) is 12.4 Å². The first-order chi connectivity index (χ1) is 6.27. The van der Waals surface area contributed by atoms with E-state index in [2.05, 4.69) is 37.6 Å². The van der Waals surface area contributed by atoms with E-state index in [4.69, 9.17) is 0 Å². The highest BCUT2D eigenvalue weighted by Gasteiger charge is 1.95. The quantitative estimate of drug-likeness (QED) is 0.617. The summed E-state index contributed by atoms with van der Waals surface area (Å²) in [6, 6.07) is 6.18. The van der Waals surface area contributed by atoms with Crippen LogP contribution < -0.4 is 0 Å². The van der Waals surface area contributed by atoms with Gasteiger partial charge in [0.25, 0.3) is 0 Å². The monoisotopic (exact) mass is 173 g/mol. The number of aryl methyl sites for hydroxylation is 1. The third-order valence-corrected chi connectivity index (χ3v) is 1.82. The molecule has 0 spiro atoms. The highest BCUT2D eigenvalue weighted by Crippen LogP contribution is 2.21. The Kier molecular flexibility index (Phi) is 3.44. The molecule has 1 nitrogen and oxygen atoms in total. The second-order valence-electron chi connectivity index (χ2n) is 2.99. The van der Waals surface area contributed by atoms with E-state index in [1.807, 2.05) is 18.4 Å². The van der Waals surface area contributed by atoms with Gasteiger partial charge < -0.3 is 0 Å². The summed E-state index contributed by atoms with van der Waals surface area (Å²) >= 11 is 0. The fraction of sp³-hybridized carbons (Fsp3) is 0.250. The molecule has 0 aromatic heterocycles. The molecule has 1 aromatic carbocycles. The molecule has 0 aliphatic carbocycles. The SMILES string of the molecule is C=Cc1cc(C)ccc1N=CCC. The molecule has 0 aliphatic rings. The third kappa shape index (κ3) is 2.55. The zero-order valence-electron chi connectivity index (χ0n) is 8.25. The number of hydrogen-bond donors (Lipinski definition) is 0. The lowest BCUT2D eigenvalue weighted by Crippen LogP contribution is -1.78. The summed E-state index contributed by atoms with van der Waals surface area (Å²) in [5, 5.41) is 0. The van der Waals surface area contributed by atoms with Crippen molar-refractivity contribution in [1.29, 1.82) is 0 Å². The molecular weight excluding hydrogens is 158 g/mol. The Morgan fingerprint density at radius 2 is 2.23 bits per heavy atom. The molecule has 68 valence electrons. The van der Waals surface area contributed by atoms with E-state index in [1.54, 1.807) is 0 Å². The second-order valence-corrected chi connectivity index (χ2v) is 2.99. The maximum Gasteiger partial charge on any atom is 0.0697 e. The van der Waals surface area contributed by atoms with Crippen molar-refractivity contribution in [3.8, 4) is 0 Å². The van der Waals surface area contributed by atoms with Gasteiger partial charge in [0.15, 0.2) is 0 Å². The lowest BCUT2D eigenvalue weighted by Gasteiger charge is -2.01. The van der Waals surface area contributed by atoms with Gasteiger partial charge >= 0.3 is 0 Å². The standard InChI is InChI=1S/C12H15N/c1-4-8-13-12-7-6-10(3)9-11(12)5-2/h5-9H,2,4H2,1,3H3. The van der Waals surface area contributed by atoms with Gasteiger partial charge in [-0.2, -0.15) is 0 Å². The van der Waals surface area contributed by atoms with Gasteiger partial charge in [0.05, 0.1) is 5.69 Å². The summed E-state index contributed by atoms with van der Waals surface area (Å²) < 4.78 is 0. The van der Waals surface area contributed by atoms with Crippen molar-refractivity contribution in [2.45, 2.75) is 20.3 Å². The van der Waals surface area contributed by atoms with Crippen LogP contribution in [-0.2, 0) is 0 Å². The molecule has 0 saturated heterocycles. The van der Waals surface area contributed by atoms with E-state index < -0.39 is 0 Å². The van der Waals surface area contributed by atoms with Gasteiger partial charge in [0, 0.05) is 6.21 Å². The Hall–Kier alpha value is -1.37. The maximum atomic E-state index is 4.34. The molecule has 0 atom stereocenters.